The molecule has 8 heteroatoms. The third-order valence-corrected chi connectivity index (χ3v) is 7.54. The van der Waals surface area contributed by atoms with Gasteiger partial charge in [0, 0.05) is 60.9 Å². The first kappa shape index (κ1) is 23.9. The maximum absolute atomic E-state index is 16.1. The summed E-state index contributed by atoms with van der Waals surface area (Å²) in [4.78, 5) is 25.0. The fourth-order valence-corrected chi connectivity index (χ4v) is 5.89. The summed E-state index contributed by atoms with van der Waals surface area (Å²) in [6.07, 6.45) is 3.66. The Morgan fingerprint density at radius 3 is 2.71 bits per heavy atom. The molecule has 1 amide bonds. The van der Waals surface area contributed by atoms with Crippen molar-refractivity contribution in [3.8, 4) is 0 Å². The molecule has 1 fully saturated rings. The summed E-state index contributed by atoms with van der Waals surface area (Å²) in [5.74, 6) is -0.0492. The highest BCUT2D eigenvalue weighted by Crippen LogP contribution is 2.45. The summed E-state index contributed by atoms with van der Waals surface area (Å²) >= 11 is 6.76. The van der Waals surface area contributed by atoms with Crippen LogP contribution in [0, 0.1) is 5.82 Å². The third kappa shape index (κ3) is 4.47. The van der Waals surface area contributed by atoms with Crippen molar-refractivity contribution in [3.63, 3.8) is 0 Å². The smallest absolute Gasteiger partial charge is 0.222 e. The largest absolute Gasteiger partial charge is 0.390 e. The minimum atomic E-state index is -0.963. The second-order valence-corrected chi connectivity index (χ2v) is 10.3. The quantitative estimate of drug-likeness (QED) is 0.567. The van der Waals surface area contributed by atoms with Crippen molar-refractivity contribution < 1.29 is 14.3 Å². The number of halogens is 2. The minimum Gasteiger partial charge on any atom is -0.390 e. The first-order valence-electron chi connectivity index (χ1n) is 12.2. The number of nitrogens with zero attached hydrogens (tertiary/aromatic N) is 4. The van der Waals surface area contributed by atoms with E-state index in [1.165, 1.54) is 6.33 Å². The lowest BCUT2D eigenvalue weighted by atomic mass is 9.72. The molecule has 1 aliphatic carbocycles. The third-order valence-electron chi connectivity index (χ3n) is 7.23. The zero-order valence-corrected chi connectivity index (χ0v) is 20.9. The molecule has 5 rings (SSSR count). The first-order valence-corrected chi connectivity index (χ1v) is 12.6. The zero-order chi connectivity index (χ0) is 24.7. The van der Waals surface area contributed by atoms with E-state index >= 15 is 4.39 Å². The molecular formula is C27H30ClFN4O2. The predicted octanol–water partition coefficient (Wildman–Crippen LogP) is 4.70. The molecule has 3 aromatic rings. The molecule has 2 heterocycles. The molecule has 0 spiro atoms. The number of piperazine rings is 1. The number of aliphatic hydroxyl groups is 1. The fourth-order valence-electron chi connectivity index (χ4n) is 5.57. The average Bonchev–Trinajstić information content (AvgIpc) is 2.83. The summed E-state index contributed by atoms with van der Waals surface area (Å²) < 4.78 is 16.1. The lowest BCUT2D eigenvalue weighted by Crippen LogP contribution is -2.49. The molecule has 1 aromatic heterocycles. The molecule has 0 bridgehead atoms. The van der Waals surface area contributed by atoms with Gasteiger partial charge in [-0.1, -0.05) is 42.8 Å². The zero-order valence-electron chi connectivity index (χ0n) is 20.1. The molecule has 0 radical (unpaired) electrons. The van der Waals surface area contributed by atoms with Gasteiger partial charge in [-0.2, -0.15) is 0 Å². The van der Waals surface area contributed by atoms with Crippen molar-refractivity contribution in [2.45, 2.75) is 51.0 Å². The van der Waals surface area contributed by atoms with E-state index in [-0.39, 0.29) is 17.3 Å². The Morgan fingerprint density at radius 1 is 1.23 bits per heavy atom. The number of rotatable bonds is 4. The number of hydrogen-bond donors (Lipinski definition) is 1. The molecule has 1 saturated heterocycles. The van der Waals surface area contributed by atoms with Crippen molar-refractivity contribution in [1.29, 1.82) is 0 Å². The van der Waals surface area contributed by atoms with Crippen molar-refractivity contribution in [1.82, 2.24) is 14.9 Å². The highest BCUT2D eigenvalue weighted by Gasteiger charge is 2.37. The van der Waals surface area contributed by atoms with Crippen LogP contribution in [-0.4, -0.2) is 57.7 Å². The van der Waals surface area contributed by atoms with Crippen LogP contribution in [0.2, 0.25) is 5.02 Å². The number of hydrogen-bond acceptors (Lipinski definition) is 5. The van der Waals surface area contributed by atoms with Crippen LogP contribution < -0.4 is 4.90 Å². The number of fused-ring (bicyclic) bond motifs is 2. The van der Waals surface area contributed by atoms with Crippen LogP contribution in [0.15, 0.2) is 36.7 Å². The summed E-state index contributed by atoms with van der Waals surface area (Å²) in [6.45, 7) is 6.22. The summed E-state index contributed by atoms with van der Waals surface area (Å²) in [5, 5.41) is 11.8. The van der Waals surface area contributed by atoms with Gasteiger partial charge in [-0.05, 0) is 37.0 Å². The summed E-state index contributed by atoms with van der Waals surface area (Å²) in [5.41, 5.74) is 1.62. The van der Waals surface area contributed by atoms with E-state index in [0.29, 0.717) is 67.2 Å². The Balaban J connectivity index is 1.52. The van der Waals surface area contributed by atoms with E-state index in [4.69, 9.17) is 11.6 Å². The van der Waals surface area contributed by atoms with Gasteiger partial charge in [0.15, 0.2) is 5.82 Å². The lowest BCUT2D eigenvalue weighted by Gasteiger charge is -2.37. The van der Waals surface area contributed by atoms with Gasteiger partial charge in [0.2, 0.25) is 5.91 Å². The number of carbonyl (C=O) groups is 1. The number of benzene rings is 2. The highest BCUT2D eigenvalue weighted by molar-refractivity contribution is 6.32. The lowest BCUT2D eigenvalue weighted by molar-refractivity contribution is -0.131. The second-order valence-electron chi connectivity index (χ2n) is 9.93. The van der Waals surface area contributed by atoms with Crippen LogP contribution >= 0.6 is 11.6 Å². The van der Waals surface area contributed by atoms with Gasteiger partial charge in [-0.25, -0.2) is 14.4 Å². The highest BCUT2D eigenvalue weighted by atomic mass is 35.5. The van der Waals surface area contributed by atoms with Crippen molar-refractivity contribution in [3.05, 3.63) is 64.2 Å². The second kappa shape index (κ2) is 9.36. The van der Waals surface area contributed by atoms with E-state index in [0.717, 1.165) is 17.5 Å². The Kier molecular flexibility index (Phi) is 6.40. The van der Waals surface area contributed by atoms with Gasteiger partial charge in [0.05, 0.1) is 5.60 Å². The Morgan fingerprint density at radius 2 is 1.97 bits per heavy atom. The molecule has 1 N–H and O–H groups in total. The number of aromatic nitrogens is 2. The molecule has 2 aromatic carbocycles. The molecule has 6 nitrogen and oxygen atoms in total. The normalized spacial score (nSPS) is 22.4. The summed E-state index contributed by atoms with van der Waals surface area (Å²) in [6, 6.07) is 9.59. The molecule has 1 aliphatic heterocycles. The van der Waals surface area contributed by atoms with Crippen molar-refractivity contribution in [2.75, 3.05) is 31.1 Å². The molecule has 1 unspecified atom stereocenters. The van der Waals surface area contributed by atoms with Crippen LogP contribution in [-0.2, 0) is 11.2 Å². The minimum absolute atomic E-state index is 0.169. The van der Waals surface area contributed by atoms with E-state index in [1.807, 2.05) is 36.1 Å². The monoisotopic (exact) mass is 496 g/mol. The van der Waals surface area contributed by atoms with Gasteiger partial charge in [0.1, 0.15) is 17.7 Å². The standard InChI is InChI=1S/C27H30ClFN4O2/c1-3-6-22(34)32-9-11-33(12-10-32)26-19-13-21(28)23(24(29)25(19)30-16-31-26)20-15-27(2,35)14-17-7-4-5-8-18(17)20/h4-5,7-8,13,16,20,35H,3,6,9-12,14-15H2,1-2H3/t20-,27?/m0/s1. The van der Waals surface area contributed by atoms with E-state index in [2.05, 4.69) is 14.9 Å². The van der Waals surface area contributed by atoms with Crippen molar-refractivity contribution in [2.24, 2.45) is 0 Å². The molecule has 184 valence electrons. The molecule has 0 saturated carbocycles. The molecule has 2 aliphatic rings. The van der Waals surface area contributed by atoms with Crippen LogP contribution in [0.4, 0.5) is 10.2 Å². The van der Waals surface area contributed by atoms with Gasteiger partial charge in [0.25, 0.3) is 0 Å². The number of carbonyl (C=O) groups excluding carboxylic acids is 1. The van der Waals surface area contributed by atoms with Gasteiger partial charge >= 0.3 is 0 Å². The van der Waals surface area contributed by atoms with E-state index < -0.39 is 11.4 Å². The average molecular weight is 497 g/mol. The van der Waals surface area contributed by atoms with Gasteiger partial charge in [-0.3, -0.25) is 4.79 Å². The van der Waals surface area contributed by atoms with Crippen LogP contribution in [0.3, 0.4) is 0 Å². The first-order chi connectivity index (χ1) is 16.8. The Bertz CT molecular complexity index is 1270. The maximum Gasteiger partial charge on any atom is 0.222 e. The Hall–Kier alpha value is -2.77. The SMILES string of the molecule is CCCC(=O)N1CCN(c2ncnc3c(F)c([C@H]4CC(C)(O)Cc5ccccc54)c(Cl)cc23)CC1. The van der Waals surface area contributed by atoms with Crippen LogP contribution in [0.5, 0.6) is 0 Å². The maximum atomic E-state index is 16.1. The summed E-state index contributed by atoms with van der Waals surface area (Å²) in [7, 11) is 0. The molecule has 2 atom stereocenters. The van der Waals surface area contributed by atoms with Crippen LogP contribution in [0.1, 0.15) is 55.7 Å². The molecular weight excluding hydrogens is 467 g/mol. The predicted molar refractivity (Wildman–Crippen MR) is 135 cm³/mol. The van der Waals surface area contributed by atoms with Gasteiger partial charge < -0.3 is 14.9 Å². The number of amides is 1. The van der Waals surface area contributed by atoms with Gasteiger partial charge in [-0.15, -0.1) is 0 Å². The Labute approximate surface area is 209 Å². The fraction of sp³-hybridized carbons (Fsp3) is 0.444. The topological polar surface area (TPSA) is 69.6 Å². The van der Waals surface area contributed by atoms with Crippen molar-refractivity contribution >= 4 is 34.2 Å². The number of anilines is 1. The van der Waals surface area contributed by atoms with Crippen LogP contribution in [0.25, 0.3) is 10.9 Å². The van der Waals surface area contributed by atoms with E-state index in [9.17, 15) is 9.90 Å². The molecule has 35 heavy (non-hydrogen) atoms. The van der Waals surface area contributed by atoms with E-state index in [1.54, 1.807) is 13.0 Å².